The first kappa shape index (κ1) is 12.8. The number of fused-ring (bicyclic) bond motifs is 1. The van der Waals surface area contributed by atoms with Crippen LogP contribution in [-0.4, -0.2) is 39.9 Å². The Hall–Kier alpha value is -1.24. The van der Waals surface area contributed by atoms with Gasteiger partial charge in [-0.05, 0) is 6.07 Å². The predicted octanol–water partition coefficient (Wildman–Crippen LogP) is 1.62. The second-order valence-electron chi connectivity index (χ2n) is 4.92. The van der Waals surface area contributed by atoms with Crippen molar-refractivity contribution < 1.29 is 4.74 Å². The highest BCUT2D eigenvalue weighted by Crippen LogP contribution is 2.19. The zero-order valence-corrected chi connectivity index (χ0v) is 11.8. The van der Waals surface area contributed by atoms with E-state index in [9.17, 15) is 0 Å². The topological polar surface area (TPSA) is 43.2 Å². The average molecular weight is 278 g/mol. The van der Waals surface area contributed by atoms with Gasteiger partial charge in [0.15, 0.2) is 0 Å². The van der Waals surface area contributed by atoms with Crippen molar-refractivity contribution in [3.63, 3.8) is 0 Å². The van der Waals surface area contributed by atoms with Crippen molar-refractivity contribution >= 4 is 11.3 Å². The molecule has 0 saturated heterocycles. The molecule has 0 N–H and O–H groups in total. The van der Waals surface area contributed by atoms with E-state index in [1.165, 1.54) is 10.7 Å². The zero-order valence-electron chi connectivity index (χ0n) is 11.0. The maximum absolute atomic E-state index is 5.33. The molecule has 0 amide bonds. The van der Waals surface area contributed by atoms with Gasteiger partial charge in [0, 0.05) is 50.4 Å². The molecule has 102 valence electrons. The molecule has 1 atom stereocenters. The predicted molar refractivity (Wildman–Crippen MR) is 73.8 cm³/mol. The van der Waals surface area contributed by atoms with Crippen LogP contribution in [0, 0.1) is 5.92 Å². The Morgan fingerprint density at radius 3 is 3.16 bits per heavy atom. The molecule has 3 heterocycles. The normalized spacial score (nSPS) is 20.2. The summed E-state index contributed by atoms with van der Waals surface area (Å²) in [6.45, 7) is 4.57. The Morgan fingerprint density at radius 2 is 2.37 bits per heavy atom. The lowest BCUT2D eigenvalue weighted by atomic mass is 10.1. The molecular weight excluding hydrogens is 260 g/mol. The summed E-state index contributed by atoms with van der Waals surface area (Å²) in [5.41, 5.74) is 1.27. The van der Waals surface area contributed by atoms with Crippen molar-refractivity contribution in [2.75, 3.05) is 20.3 Å². The zero-order chi connectivity index (χ0) is 13.1. The lowest BCUT2D eigenvalue weighted by Crippen LogP contribution is -2.29. The molecule has 1 aliphatic rings. The van der Waals surface area contributed by atoms with E-state index in [4.69, 9.17) is 4.74 Å². The molecule has 19 heavy (non-hydrogen) atoms. The molecular formula is C13H18N4OS. The van der Waals surface area contributed by atoms with E-state index in [1.807, 2.05) is 17.8 Å². The minimum atomic E-state index is 0.478. The fourth-order valence-corrected chi connectivity index (χ4v) is 3.26. The van der Waals surface area contributed by atoms with Crippen LogP contribution in [0.4, 0.5) is 0 Å². The molecule has 2 aromatic rings. The first-order valence-corrected chi connectivity index (χ1v) is 7.33. The van der Waals surface area contributed by atoms with Crippen molar-refractivity contribution in [2.24, 2.45) is 5.92 Å². The lowest BCUT2D eigenvalue weighted by molar-refractivity contribution is 0.114. The number of hydrogen-bond donors (Lipinski definition) is 0. The van der Waals surface area contributed by atoms with Crippen molar-refractivity contribution in [2.45, 2.75) is 19.6 Å². The smallest absolute Gasteiger partial charge is 0.107 e. The van der Waals surface area contributed by atoms with Gasteiger partial charge in [-0.1, -0.05) is 0 Å². The van der Waals surface area contributed by atoms with Gasteiger partial charge in [-0.25, -0.2) is 4.98 Å². The number of nitrogens with zero attached hydrogens (tertiary/aromatic N) is 4. The van der Waals surface area contributed by atoms with Gasteiger partial charge in [-0.15, -0.1) is 11.3 Å². The van der Waals surface area contributed by atoms with Crippen LogP contribution in [0.3, 0.4) is 0 Å². The van der Waals surface area contributed by atoms with Gasteiger partial charge in [-0.2, -0.15) is 5.10 Å². The summed E-state index contributed by atoms with van der Waals surface area (Å²) in [5, 5.41) is 7.60. The first-order valence-electron chi connectivity index (χ1n) is 6.45. The van der Waals surface area contributed by atoms with E-state index >= 15 is 0 Å². The molecule has 1 unspecified atom stereocenters. The van der Waals surface area contributed by atoms with Crippen molar-refractivity contribution in [3.05, 3.63) is 34.5 Å². The highest BCUT2D eigenvalue weighted by molar-refractivity contribution is 7.09. The average Bonchev–Trinajstić information content (AvgIpc) is 3.00. The molecule has 0 spiro atoms. The summed E-state index contributed by atoms with van der Waals surface area (Å²) in [6, 6.07) is 2.10. The summed E-state index contributed by atoms with van der Waals surface area (Å²) >= 11 is 1.71. The maximum atomic E-state index is 5.33. The van der Waals surface area contributed by atoms with Gasteiger partial charge in [0.25, 0.3) is 0 Å². The molecule has 5 nitrogen and oxygen atoms in total. The SMILES string of the molecule is COCC1CN(Cc2nccs2)Cc2ccnn2C1. The van der Waals surface area contributed by atoms with Gasteiger partial charge in [0.1, 0.15) is 5.01 Å². The molecule has 6 heteroatoms. The van der Waals surface area contributed by atoms with E-state index in [-0.39, 0.29) is 0 Å². The van der Waals surface area contributed by atoms with Crippen LogP contribution in [-0.2, 0) is 24.4 Å². The van der Waals surface area contributed by atoms with Crippen LogP contribution < -0.4 is 0 Å². The second kappa shape index (κ2) is 5.81. The Balaban J connectivity index is 1.76. The molecule has 0 saturated carbocycles. The van der Waals surface area contributed by atoms with Gasteiger partial charge < -0.3 is 4.74 Å². The number of hydrogen-bond acceptors (Lipinski definition) is 5. The van der Waals surface area contributed by atoms with Gasteiger partial charge in [0.2, 0.25) is 0 Å². The third-order valence-electron chi connectivity index (χ3n) is 3.38. The molecule has 0 aromatic carbocycles. The Bertz CT molecular complexity index is 510. The molecule has 0 radical (unpaired) electrons. The lowest BCUT2D eigenvalue weighted by Gasteiger charge is -2.22. The monoisotopic (exact) mass is 278 g/mol. The number of methoxy groups -OCH3 is 1. The maximum Gasteiger partial charge on any atom is 0.107 e. The molecule has 3 rings (SSSR count). The fourth-order valence-electron chi connectivity index (χ4n) is 2.60. The fraction of sp³-hybridized carbons (Fsp3) is 0.538. The van der Waals surface area contributed by atoms with Crippen molar-refractivity contribution in [1.29, 1.82) is 0 Å². The van der Waals surface area contributed by atoms with E-state index in [2.05, 4.69) is 25.7 Å². The van der Waals surface area contributed by atoms with Crippen molar-refractivity contribution in [3.8, 4) is 0 Å². The quantitative estimate of drug-likeness (QED) is 0.852. The highest BCUT2D eigenvalue weighted by atomic mass is 32.1. The summed E-state index contributed by atoms with van der Waals surface area (Å²) in [4.78, 5) is 6.81. The van der Waals surface area contributed by atoms with E-state index < -0.39 is 0 Å². The number of aromatic nitrogens is 3. The Morgan fingerprint density at radius 1 is 1.42 bits per heavy atom. The molecule has 1 aliphatic heterocycles. The molecule has 0 bridgehead atoms. The second-order valence-corrected chi connectivity index (χ2v) is 5.90. The summed E-state index contributed by atoms with van der Waals surface area (Å²) in [7, 11) is 1.76. The summed E-state index contributed by atoms with van der Waals surface area (Å²) < 4.78 is 7.43. The van der Waals surface area contributed by atoms with Crippen LogP contribution in [0.2, 0.25) is 0 Å². The van der Waals surface area contributed by atoms with E-state index in [0.717, 1.165) is 32.8 Å². The van der Waals surface area contributed by atoms with Crippen molar-refractivity contribution in [1.82, 2.24) is 19.7 Å². The Kier molecular flexibility index (Phi) is 3.91. The highest BCUT2D eigenvalue weighted by Gasteiger charge is 2.22. The van der Waals surface area contributed by atoms with Crippen LogP contribution in [0.15, 0.2) is 23.8 Å². The third kappa shape index (κ3) is 3.02. The standard InChI is InChI=1S/C13H18N4OS/c1-18-10-11-6-16(9-13-14-4-5-19-13)8-12-2-3-15-17(12)7-11/h2-5,11H,6-10H2,1H3. The number of thiazole rings is 1. The van der Waals surface area contributed by atoms with Crippen LogP contribution >= 0.6 is 11.3 Å². The van der Waals surface area contributed by atoms with Crippen LogP contribution in [0.25, 0.3) is 0 Å². The summed E-state index contributed by atoms with van der Waals surface area (Å²) in [5.74, 6) is 0.478. The molecule has 2 aromatic heterocycles. The van der Waals surface area contributed by atoms with E-state index in [1.54, 1.807) is 18.4 Å². The summed E-state index contributed by atoms with van der Waals surface area (Å²) in [6.07, 6.45) is 3.75. The minimum Gasteiger partial charge on any atom is -0.384 e. The van der Waals surface area contributed by atoms with E-state index in [0.29, 0.717) is 5.92 Å². The van der Waals surface area contributed by atoms with Crippen LogP contribution in [0.5, 0.6) is 0 Å². The molecule has 0 fully saturated rings. The number of ether oxygens (including phenoxy) is 1. The van der Waals surface area contributed by atoms with Gasteiger partial charge in [-0.3, -0.25) is 9.58 Å². The molecule has 0 aliphatic carbocycles. The van der Waals surface area contributed by atoms with Gasteiger partial charge >= 0.3 is 0 Å². The Labute approximate surface area is 116 Å². The number of rotatable bonds is 4. The van der Waals surface area contributed by atoms with Crippen LogP contribution in [0.1, 0.15) is 10.7 Å². The minimum absolute atomic E-state index is 0.478. The largest absolute Gasteiger partial charge is 0.384 e. The van der Waals surface area contributed by atoms with Gasteiger partial charge in [0.05, 0.1) is 18.8 Å². The first-order chi connectivity index (χ1) is 9.35. The third-order valence-corrected chi connectivity index (χ3v) is 4.15.